The van der Waals surface area contributed by atoms with Gasteiger partial charge >= 0.3 is 0 Å². The summed E-state index contributed by atoms with van der Waals surface area (Å²) in [5, 5.41) is 18.6. The zero-order chi connectivity index (χ0) is 8.43. The average Bonchev–Trinajstić information content (AvgIpc) is 1.94. The number of hydrogen-bond acceptors (Lipinski definition) is 3. The first kappa shape index (κ1) is 10.6. The highest BCUT2D eigenvalue weighted by Gasteiger charge is 2.08. The third kappa shape index (κ3) is 2.06. The van der Waals surface area contributed by atoms with Crippen molar-refractivity contribution < 1.29 is 14.4 Å². The SMILES string of the molecule is Cl.O=[N+]([O-])c1ccc(O)c(F)c1. The molecular formula is C6H5ClFNO3. The molecule has 0 aliphatic rings. The number of phenolic OH excluding ortho intramolecular Hbond substituents is 1. The Kier molecular flexibility index (Phi) is 3.43. The van der Waals surface area contributed by atoms with Crippen LogP contribution in [0, 0.1) is 15.9 Å². The van der Waals surface area contributed by atoms with E-state index in [1.54, 1.807) is 0 Å². The molecule has 4 nitrogen and oxygen atoms in total. The molecule has 0 fully saturated rings. The van der Waals surface area contributed by atoms with E-state index in [0.717, 1.165) is 12.1 Å². The quantitative estimate of drug-likeness (QED) is 0.547. The van der Waals surface area contributed by atoms with Gasteiger partial charge in [0.15, 0.2) is 11.6 Å². The molecule has 1 aromatic rings. The molecule has 0 saturated carbocycles. The molecule has 0 unspecified atom stereocenters. The summed E-state index contributed by atoms with van der Waals surface area (Å²) in [6, 6.07) is 2.63. The van der Waals surface area contributed by atoms with Gasteiger partial charge in [-0.25, -0.2) is 4.39 Å². The van der Waals surface area contributed by atoms with Crippen molar-refractivity contribution in [2.24, 2.45) is 0 Å². The lowest BCUT2D eigenvalue weighted by atomic mass is 10.3. The summed E-state index contributed by atoms with van der Waals surface area (Å²) in [6.07, 6.45) is 0. The third-order valence-electron chi connectivity index (χ3n) is 1.14. The van der Waals surface area contributed by atoms with E-state index in [4.69, 9.17) is 5.11 Å². The van der Waals surface area contributed by atoms with Crippen LogP contribution < -0.4 is 0 Å². The van der Waals surface area contributed by atoms with Gasteiger partial charge in [0.05, 0.1) is 11.0 Å². The Hall–Kier alpha value is -1.36. The van der Waals surface area contributed by atoms with Crippen molar-refractivity contribution in [3.63, 3.8) is 0 Å². The zero-order valence-electron chi connectivity index (χ0n) is 5.73. The molecule has 0 bridgehead atoms. The van der Waals surface area contributed by atoms with Crippen LogP contribution in [-0.4, -0.2) is 10.0 Å². The van der Waals surface area contributed by atoms with E-state index < -0.39 is 16.5 Å². The van der Waals surface area contributed by atoms with Gasteiger partial charge in [0.25, 0.3) is 5.69 Å². The first-order valence-electron chi connectivity index (χ1n) is 2.74. The number of nitro benzene ring substituents is 1. The van der Waals surface area contributed by atoms with E-state index >= 15 is 0 Å². The maximum absolute atomic E-state index is 12.4. The normalized spacial score (nSPS) is 8.75. The number of aromatic hydroxyl groups is 1. The Morgan fingerprint density at radius 1 is 1.50 bits per heavy atom. The van der Waals surface area contributed by atoms with E-state index in [9.17, 15) is 14.5 Å². The second-order valence-corrected chi connectivity index (χ2v) is 1.89. The van der Waals surface area contributed by atoms with Crippen molar-refractivity contribution in [3.8, 4) is 5.75 Å². The molecule has 0 aromatic heterocycles. The van der Waals surface area contributed by atoms with E-state index in [-0.39, 0.29) is 18.1 Å². The Bertz CT molecular complexity index is 305. The summed E-state index contributed by atoms with van der Waals surface area (Å²) in [4.78, 5) is 9.29. The molecule has 0 spiro atoms. The van der Waals surface area contributed by atoms with Gasteiger partial charge in [-0.15, -0.1) is 12.4 Å². The van der Waals surface area contributed by atoms with Gasteiger partial charge in [-0.2, -0.15) is 0 Å². The summed E-state index contributed by atoms with van der Waals surface area (Å²) in [6.45, 7) is 0. The van der Waals surface area contributed by atoms with Gasteiger partial charge in [0, 0.05) is 6.07 Å². The fourth-order valence-electron chi connectivity index (χ4n) is 0.609. The van der Waals surface area contributed by atoms with Crippen molar-refractivity contribution in [2.45, 2.75) is 0 Å². The Balaban J connectivity index is 0.00000121. The predicted molar refractivity (Wildman–Crippen MR) is 42.0 cm³/mol. The molecule has 0 atom stereocenters. The van der Waals surface area contributed by atoms with Crippen molar-refractivity contribution in [3.05, 3.63) is 34.1 Å². The molecular weight excluding hydrogens is 189 g/mol. The van der Waals surface area contributed by atoms with Crippen LogP contribution in [0.3, 0.4) is 0 Å². The Morgan fingerprint density at radius 3 is 2.50 bits per heavy atom. The number of nitrogens with zero attached hydrogens (tertiary/aromatic N) is 1. The van der Waals surface area contributed by atoms with Gasteiger partial charge in [-0.1, -0.05) is 0 Å². The highest BCUT2D eigenvalue weighted by Crippen LogP contribution is 2.20. The zero-order valence-corrected chi connectivity index (χ0v) is 6.55. The molecule has 0 aliphatic carbocycles. The number of phenols is 1. The summed E-state index contributed by atoms with van der Waals surface area (Å²) < 4.78 is 12.4. The van der Waals surface area contributed by atoms with Crippen LogP contribution in [0.15, 0.2) is 18.2 Å². The number of non-ortho nitro benzene ring substituents is 1. The van der Waals surface area contributed by atoms with Gasteiger partial charge in [-0.05, 0) is 6.07 Å². The molecule has 66 valence electrons. The molecule has 0 amide bonds. The van der Waals surface area contributed by atoms with Gasteiger partial charge < -0.3 is 5.11 Å². The summed E-state index contributed by atoms with van der Waals surface area (Å²) in [5.74, 6) is -1.57. The number of benzene rings is 1. The molecule has 0 saturated heterocycles. The molecule has 1 rings (SSSR count). The molecule has 0 radical (unpaired) electrons. The largest absolute Gasteiger partial charge is 0.505 e. The topological polar surface area (TPSA) is 63.4 Å². The van der Waals surface area contributed by atoms with Crippen LogP contribution in [0.5, 0.6) is 5.75 Å². The molecule has 0 aliphatic heterocycles. The maximum Gasteiger partial charge on any atom is 0.272 e. The smallest absolute Gasteiger partial charge is 0.272 e. The van der Waals surface area contributed by atoms with Crippen molar-refractivity contribution in [1.82, 2.24) is 0 Å². The molecule has 1 N–H and O–H groups in total. The molecule has 6 heteroatoms. The number of halogens is 2. The predicted octanol–water partition coefficient (Wildman–Crippen LogP) is 1.86. The summed E-state index contributed by atoms with van der Waals surface area (Å²) in [7, 11) is 0. The van der Waals surface area contributed by atoms with Crippen LogP contribution in [0.1, 0.15) is 0 Å². The van der Waals surface area contributed by atoms with Crippen molar-refractivity contribution >= 4 is 18.1 Å². The fraction of sp³-hybridized carbons (Fsp3) is 0. The highest BCUT2D eigenvalue weighted by atomic mass is 35.5. The lowest BCUT2D eigenvalue weighted by Gasteiger charge is -1.93. The average molecular weight is 194 g/mol. The summed E-state index contributed by atoms with van der Waals surface area (Å²) >= 11 is 0. The van der Waals surface area contributed by atoms with E-state index in [1.165, 1.54) is 0 Å². The number of rotatable bonds is 1. The maximum atomic E-state index is 12.4. The first-order chi connectivity index (χ1) is 5.11. The van der Waals surface area contributed by atoms with Crippen LogP contribution in [0.25, 0.3) is 0 Å². The second kappa shape index (κ2) is 3.87. The number of nitro groups is 1. The van der Waals surface area contributed by atoms with Crippen LogP contribution in [0.2, 0.25) is 0 Å². The second-order valence-electron chi connectivity index (χ2n) is 1.89. The van der Waals surface area contributed by atoms with Gasteiger partial charge in [0.1, 0.15) is 0 Å². The van der Waals surface area contributed by atoms with Crippen molar-refractivity contribution in [1.29, 1.82) is 0 Å². The molecule has 1 aromatic carbocycles. The highest BCUT2D eigenvalue weighted by molar-refractivity contribution is 5.85. The van der Waals surface area contributed by atoms with E-state index in [0.29, 0.717) is 6.07 Å². The molecule has 12 heavy (non-hydrogen) atoms. The van der Waals surface area contributed by atoms with E-state index in [2.05, 4.69) is 0 Å². The van der Waals surface area contributed by atoms with Crippen molar-refractivity contribution in [2.75, 3.05) is 0 Å². The minimum atomic E-state index is -0.987. The minimum Gasteiger partial charge on any atom is -0.505 e. The van der Waals surface area contributed by atoms with Crippen LogP contribution in [-0.2, 0) is 0 Å². The summed E-state index contributed by atoms with van der Waals surface area (Å²) in [5.41, 5.74) is -0.375. The third-order valence-corrected chi connectivity index (χ3v) is 1.14. The molecule has 0 heterocycles. The number of hydrogen-bond donors (Lipinski definition) is 1. The minimum absolute atomic E-state index is 0. The lowest BCUT2D eigenvalue weighted by molar-refractivity contribution is -0.385. The first-order valence-corrected chi connectivity index (χ1v) is 2.74. The standard InChI is InChI=1S/C6H4FNO3.ClH/c7-5-3-4(8(10)11)1-2-6(5)9;/h1-3,9H;1H. The van der Waals surface area contributed by atoms with Crippen LogP contribution >= 0.6 is 12.4 Å². The van der Waals surface area contributed by atoms with Gasteiger partial charge in [0.2, 0.25) is 0 Å². The lowest BCUT2D eigenvalue weighted by Crippen LogP contribution is -1.88. The Labute approximate surface area is 73.2 Å². The van der Waals surface area contributed by atoms with E-state index in [1.807, 2.05) is 0 Å². The monoisotopic (exact) mass is 193 g/mol. The fourth-order valence-corrected chi connectivity index (χ4v) is 0.609. The van der Waals surface area contributed by atoms with Gasteiger partial charge in [-0.3, -0.25) is 10.1 Å². The van der Waals surface area contributed by atoms with Crippen LogP contribution in [0.4, 0.5) is 10.1 Å². The Morgan fingerprint density at radius 2 is 2.08 bits per heavy atom.